The summed E-state index contributed by atoms with van der Waals surface area (Å²) in [5, 5.41) is 0.437. The molecule has 4 heterocycles. The van der Waals surface area contributed by atoms with E-state index in [2.05, 4.69) is 15.0 Å². The summed E-state index contributed by atoms with van der Waals surface area (Å²) < 4.78 is 1.61. The maximum atomic E-state index is 13.2. The van der Waals surface area contributed by atoms with Gasteiger partial charge >= 0.3 is 0 Å². The summed E-state index contributed by atoms with van der Waals surface area (Å²) in [6.07, 6.45) is 5.89. The molecule has 8 heteroatoms. The van der Waals surface area contributed by atoms with Crippen LogP contribution in [0.5, 0.6) is 0 Å². The van der Waals surface area contributed by atoms with Crippen LogP contribution in [0, 0.1) is 0 Å². The molecule has 0 fully saturated rings. The lowest BCUT2D eigenvalue weighted by Crippen LogP contribution is -2.34. The summed E-state index contributed by atoms with van der Waals surface area (Å²) in [5.74, 6) is -0.155. The minimum absolute atomic E-state index is 0.131. The maximum Gasteiger partial charge on any atom is 0.263 e. The molecule has 0 N–H and O–H groups in total. The summed E-state index contributed by atoms with van der Waals surface area (Å²) >= 11 is 0. The van der Waals surface area contributed by atoms with E-state index in [-0.39, 0.29) is 30.3 Å². The number of hydrogen-bond donors (Lipinski definition) is 0. The van der Waals surface area contributed by atoms with E-state index in [1.165, 1.54) is 4.90 Å². The normalized spacial score (nSPS) is 13.1. The molecule has 0 saturated carbocycles. The average molecular weight is 425 g/mol. The van der Waals surface area contributed by atoms with Gasteiger partial charge in [-0.3, -0.25) is 28.8 Å². The van der Waals surface area contributed by atoms with Crippen LogP contribution in [0.1, 0.15) is 32.1 Å². The molecule has 158 valence electrons. The number of fused-ring (bicyclic) bond motifs is 2. The van der Waals surface area contributed by atoms with Gasteiger partial charge in [0.2, 0.25) is 0 Å². The Hall–Kier alpha value is -4.20. The third-order valence-electron chi connectivity index (χ3n) is 5.62. The number of aromatic nitrogens is 4. The van der Waals surface area contributed by atoms with Gasteiger partial charge in [-0.15, -0.1) is 0 Å². The molecule has 32 heavy (non-hydrogen) atoms. The standard InChI is InChI=1S/C24H19N5O3/c30-22-17-4-1-2-5-18(17)23(31)29(22)15-10-20-27-21-19(6-3-11-26-21)24(32)28(20)14-9-16-7-12-25-13-8-16/h1-8,11-13H,9-10,14-15H2. The summed E-state index contributed by atoms with van der Waals surface area (Å²) in [5.41, 5.74) is 2.02. The zero-order chi connectivity index (χ0) is 22.1. The Morgan fingerprint density at radius 2 is 1.47 bits per heavy atom. The monoisotopic (exact) mass is 425 g/mol. The van der Waals surface area contributed by atoms with Gasteiger partial charge in [0.05, 0.1) is 16.5 Å². The first kappa shape index (κ1) is 19.7. The predicted molar refractivity (Wildman–Crippen MR) is 117 cm³/mol. The summed E-state index contributed by atoms with van der Waals surface area (Å²) in [7, 11) is 0. The van der Waals surface area contributed by atoms with Crippen LogP contribution in [-0.4, -0.2) is 42.8 Å². The molecule has 0 spiro atoms. The molecule has 8 nitrogen and oxygen atoms in total. The number of carbonyl (C=O) groups excluding carboxylic acids is 2. The van der Waals surface area contributed by atoms with Crippen LogP contribution in [0.3, 0.4) is 0 Å². The van der Waals surface area contributed by atoms with Gasteiger partial charge < -0.3 is 0 Å². The largest absolute Gasteiger partial charge is 0.296 e. The summed E-state index contributed by atoms with van der Waals surface area (Å²) in [4.78, 5) is 52.7. The second kappa shape index (κ2) is 8.14. The second-order valence-corrected chi connectivity index (χ2v) is 7.52. The number of benzene rings is 1. The van der Waals surface area contributed by atoms with Crippen molar-refractivity contribution in [1.29, 1.82) is 0 Å². The van der Waals surface area contributed by atoms with E-state index in [4.69, 9.17) is 0 Å². The Morgan fingerprint density at radius 3 is 2.19 bits per heavy atom. The quantitative estimate of drug-likeness (QED) is 0.440. The van der Waals surface area contributed by atoms with Crippen LogP contribution < -0.4 is 5.56 Å². The Balaban J connectivity index is 1.46. The van der Waals surface area contributed by atoms with E-state index in [0.29, 0.717) is 41.0 Å². The van der Waals surface area contributed by atoms with Gasteiger partial charge in [-0.05, 0) is 48.4 Å². The molecule has 0 atom stereocenters. The molecule has 1 aliphatic heterocycles. The first-order valence-electron chi connectivity index (χ1n) is 10.3. The van der Waals surface area contributed by atoms with Gasteiger partial charge in [0.15, 0.2) is 5.65 Å². The number of nitrogens with zero attached hydrogens (tertiary/aromatic N) is 5. The van der Waals surface area contributed by atoms with Crippen molar-refractivity contribution in [2.24, 2.45) is 0 Å². The van der Waals surface area contributed by atoms with Gasteiger partial charge in [0.1, 0.15) is 5.82 Å². The summed E-state index contributed by atoms with van der Waals surface area (Å²) in [6, 6.07) is 14.0. The molecule has 1 aliphatic rings. The highest BCUT2D eigenvalue weighted by atomic mass is 16.2. The van der Waals surface area contributed by atoms with E-state index < -0.39 is 0 Å². The maximum absolute atomic E-state index is 13.2. The predicted octanol–water partition coefficient (Wildman–Crippen LogP) is 2.27. The lowest BCUT2D eigenvalue weighted by Gasteiger charge is -2.17. The van der Waals surface area contributed by atoms with Gasteiger partial charge in [-0.1, -0.05) is 12.1 Å². The van der Waals surface area contributed by atoms with E-state index in [0.717, 1.165) is 5.56 Å². The minimum Gasteiger partial charge on any atom is -0.296 e. The first-order valence-corrected chi connectivity index (χ1v) is 10.3. The highest BCUT2D eigenvalue weighted by Gasteiger charge is 2.34. The highest BCUT2D eigenvalue weighted by molar-refractivity contribution is 6.21. The van der Waals surface area contributed by atoms with Crippen LogP contribution in [0.15, 0.2) is 71.9 Å². The third-order valence-corrected chi connectivity index (χ3v) is 5.62. The number of hydrogen-bond acceptors (Lipinski definition) is 6. The molecule has 0 radical (unpaired) electrons. The van der Waals surface area contributed by atoms with Crippen molar-refractivity contribution in [3.8, 4) is 0 Å². The highest BCUT2D eigenvalue weighted by Crippen LogP contribution is 2.22. The molecule has 0 bridgehead atoms. The fourth-order valence-corrected chi connectivity index (χ4v) is 3.96. The molecule has 0 saturated heterocycles. The lowest BCUT2D eigenvalue weighted by molar-refractivity contribution is 0.0655. The number of rotatable bonds is 6. The first-order chi connectivity index (χ1) is 15.6. The molecule has 4 aromatic rings. The molecular formula is C24H19N5O3. The molecule has 1 aromatic carbocycles. The fraction of sp³-hybridized carbons (Fsp3) is 0.167. The molecule has 0 aliphatic carbocycles. The number of carbonyl (C=O) groups is 2. The van der Waals surface area contributed by atoms with E-state index >= 15 is 0 Å². The van der Waals surface area contributed by atoms with Gasteiger partial charge in [-0.2, -0.15) is 0 Å². The smallest absolute Gasteiger partial charge is 0.263 e. The van der Waals surface area contributed by atoms with Gasteiger partial charge in [0, 0.05) is 38.1 Å². The molecule has 0 unspecified atom stereocenters. The van der Waals surface area contributed by atoms with Crippen molar-refractivity contribution in [3.63, 3.8) is 0 Å². The third kappa shape index (κ3) is 3.45. The van der Waals surface area contributed by atoms with Crippen LogP contribution in [0.2, 0.25) is 0 Å². The molecular weight excluding hydrogens is 406 g/mol. The number of imide groups is 1. The van der Waals surface area contributed by atoms with Crippen LogP contribution in [0.4, 0.5) is 0 Å². The Bertz CT molecular complexity index is 1360. The SMILES string of the molecule is O=C1c2ccccc2C(=O)N1CCc1nc2ncccc2c(=O)n1CCc1ccncc1. The zero-order valence-electron chi connectivity index (χ0n) is 17.1. The van der Waals surface area contributed by atoms with Crippen LogP contribution in [0.25, 0.3) is 11.0 Å². The van der Waals surface area contributed by atoms with E-state index in [1.807, 2.05) is 12.1 Å². The Labute approximate surface area is 183 Å². The fourth-order valence-electron chi connectivity index (χ4n) is 3.96. The molecule has 3 aromatic heterocycles. The van der Waals surface area contributed by atoms with Crippen molar-refractivity contribution in [3.05, 3.63) is 100.0 Å². The Morgan fingerprint density at radius 1 is 0.750 bits per heavy atom. The number of pyridine rings is 2. The lowest BCUT2D eigenvalue weighted by atomic mass is 10.1. The van der Waals surface area contributed by atoms with Crippen LogP contribution in [-0.2, 0) is 19.4 Å². The van der Waals surface area contributed by atoms with Crippen molar-refractivity contribution in [2.75, 3.05) is 6.54 Å². The summed E-state index contributed by atoms with van der Waals surface area (Å²) in [6.45, 7) is 0.546. The van der Waals surface area contributed by atoms with Crippen LogP contribution >= 0.6 is 0 Å². The van der Waals surface area contributed by atoms with Gasteiger partial charge in [-0.25, -0.2) is 9.97 Å². The van der Waals surface area contributed by atoms with Gasteiger partial charge in [0.25, 0.3) is 17.4 Å². The number of aryl methyl sites for hydroxylation is 1. The molecule has 2 amide bonds. The number of amides is 2. The van der Waals surface area contributed by atoms with E-state index in [9.17, 15) is 14.4 Å². The minimum atomic E-state index is -0.324. The average Bonchev–Trinajstić information content (AvgIpc) is 3.07. The van der Waals surface area contributed by atoms with Crippen molar-refractivity contribution < 1.29 is 9.59 Å². The molecule has 5 rings (SSSR count). The van der Waals surface area contributed by atoms with Crippen molar-refractivity contribution >= 4 is 22.8 Å². The van der Waals surface area contributed by atoms with Crippen molar-refractivity contribution in [2.45, 2.75) is 19.4 Å². The second-order valence-electron chi connectivity index (χ2n) is 7.52. The van der Waals surface area contributed by atoms with Crippen molar-refractivity contribution in [1.82, 2.24) is 24.4 Å². The topological polar surface area (TPSA) is 98.0 Å². The zero-order valence-corrected chi connectivity index (χ0v) is 17.1. The Kier molecular flexibility index (Phi) is 5.03. The van der Waals surface area contributed by atoms with E-state index in [1.54, 1.807) is 59.6 Å².